The van der Waals surface area contributed by atoms with Crippen molar-refractivity contribution in [2.24, 2.45) is 5.92 Å². The van der Waals surface area contributed by atoms with Crippen LogP contribution in [0, 0.1) is 5.92 Å². The van der Waals surface area contributed by atoms with Crippen LogP contribution in [-0.2, 0) is 24.7 Å². The molecule has 2 atom stereocenters. The number of sulfone groups is 1. The minimum Gasteiger partial charge on any atom is -0.349 e. The van der Waals surface area contributed by atoms with Gasteiger partial charge in [-0.1, -0.05) is 30.3 Å². The quantitative estimate of drug-likeness (QED) is 0.728. The molecule has 2 aromatic rings. The molecule has 2 aromatic carbocycles. The molecule has 1 aliphatic heterocycles. The maximum Gasteiger partial charge on any atom is 0.243 e. The highest BCUT2D eigenvalue weighted by Gasteiger charge is 2.33. The summed E-state index contributed by atoms with van der Waals surface area (Å²) in [5, 5.41) is 2.93. The van der Waals surface area contributed by atoms with E-state index in [0.29, 0.717) is 19.4 Å². The first-order chi connectivity index (χ1) is 14.1. The van der Waals surface area contributed by atoms with Gasteiger partial charge in [0.15, 0.2) is 9.84 Å². The van der Waals surface area contributed by atoms with E-state index in [4.69, 9.17) is 0 Å². The summed E-state index contributed by atoms with van der Waals surface area (Å²) < 4.78 is 50.3. The number of carbonyl (C=O) groups excluding carboxylic acids is 1. The van der Waals surface area contributed by atoms with Crippen LogP contribution < -0.4 is 5.32 Å². The molecule has 1 fully saturated rings. The fourth-order valence-electron chi connectivity index (χ4n) is 3.53. The first-order valence-electron chi connectivity index (χ1n) is 9.74. The number of carbonyl (C=O) groups is 1. The lowest BCUT2D eigenvalue weighted by Crippen LogP contribution is -2.45. The molecule has 0 bridgehead atoms. The lowest BCUT2D eigenvalue weighted by atomic mass is 9.98. The first kappa shape index (κ1) is 22.5. The topological polar surface area (TPSA) is 101 Å². The Bertz CT molecular complexity index is 1100. The van der Waals surface area contributed by atoms with Crippen LogP contribution in [-0.4, -0.2) is 46.4 Å². The highest BCUT2D eigenvalue weighted by Crippen LogP contribution is 2.25. The fourth-order valence-corrected chi connectivity index (χ4v) is 5.71. The summed E-state index contributed by atoms with van der Waals surface area (Å²) in [4.78, 5) is 13.2. The Labute approximate surface area is 178 Å². The number of hydrogen-bond donors (Lipinski definition) is 1. The lowest BCUT2D eigenvalue weighted by Gasteiger charge is -2.32. The van der Waals surface area contributed by atoms with E-state index >= 15 is 0 Å². The van der Waals surface area contributed by atoms with E-state index in [9.17, 15) is 21.6 Å². The molecule has 1 amide bonds. The van der Waals surface area contributed by atoms with Gasteiger partial charge in [0.05, 0.1) is 21.8 Å². The minimum atomic E-state index is -3.63. The number of nitrogens with zero attached hydrogens (tertiary/aromatic N) is 1. The normalized spacial score (nSPS) is 19.2. The predicted molar refractivity (Wildman–Crippen MR) is 114 cm³/mol. The van der Waals surface area contributed by atoms with Gasteiger partial charge in [-0.2, -0.15) is 4.31 Å². The van der Waals surface area contributed by atoms with Gasteiger partial charge >= 0.3 is 0 Å². The number of hydrogen-bond acceptors (Lipinski definition) is 5. The number of sulfonamides is 1. The summed E-state index contributed by atoms with van der Waals surface area (Å²) in [5.41, 5.74) is 0.778. The highest BCUT2D eigenvalue weighted by atomic mass is 32.2. The zero-order valence-corrected chi connectivity index (χ0v) is 18.6. The summed E-state index contributed by atoms with van der Waals surface area (Å²) in [6, 6.07) is 14.3. The van der Waals surface area contributed by atoms with E-state index in [0.717, 1.165) is 11.8 Å². The SMILES string of the molecule is C[C@H](NC(=O)[C@H]1CCCN(S(=O)(=O)c2ccccc2)C1)c1ccc(S(C)(=O)=O)cc1. The molecule has 30 heavy (non-hydrogen) atoms. The van der Waals surface area contributed by atoms with E-state index in [1.54, 1.807) is 42.5 Å². The third kappa shape index (κ3) is 5.08. The molecule has 1 heterocycles. The third-order valence-corrected chi connectivity index (χ3v) is 8.31. The van der Waals surface area contributed by atoms with Gasteiger partial charge in [-0.3, -0.25) is 4.79 Å². The summed E-state index contributed by atoms with van der Waals surface area (Å²) in [6.45, 7) is 2.35. The maximum atomic E-state index is 12.9. The molecule has 162 valence electrons. The smallest absolute Gasteiger partial charge is 0.243 e. The van der Waals surface area contributed by atoms with Crippen molar-refractivity contribution in [2.75, 3.05) is 19.3 Å². The van der Waals surface area contributed by atoms with E-state index < -0.39 is 25.8 Å². The Kier molecular flexibility index (Phi) is 6.64. The van der Waals surface area contributed by atoms with Gasteiger partial charge in [-0.25, -0.2) is 16.8 Å². The molecule has 0 aliphatic carbocycles. The van der Waals surface area contributed by atoms with Crippen molar-refractivity contribution >= 4 is 25.8 Å². The molecular weight excluding hydrogens is 424 g/mol. The van der Waals surface area contributed by atoms with E-state index in [-0.39, 0.29) is 28.3 Å². The van der Waals surface area contributed by atoms with Gasteiger partial charge in [0.2, 0.25) is 15.9 Å². The largest absolute Gasteiger partial charge is 0.349 e. The van der Waals surface area contributed by atoms with Crippen molar-refractivity contribution in [3.8, 4) is 0 Å². The van der Waals surface area contributed by atoms with Gasteiger partial charge in [0, 0.05) is 19.3 Å². The summed E-state index contributed by atoms with van der Waals surface area (Å²) in [7, 11) is -6.91. The second-order valence-electron chi connectivity index (χ2n) is 7.59. The monoisotopic (exact) mass is 450 g/mol. The number of benzene rings is 2. The van der Waals surface area contributed by atoms with Crippen LogP contribution in [0.4, 0.5) is 0 Å². The van der Waals surface area contributed by atoms with Gasteiger partial charge in [-0.05, 0) is 49.6 Å². The molecular formula is C21H26N2O5S2. The second kappa shape index (κ2) is 8.87. The molecule has 1 N–H and O–H groups in total. The van der Waals surface area contributed by atoms with Gasteiger partial charge in [-0.15, -0.1) is 0 Å². The fraction of sp³-hybridized carbons (Fsp3) is 0.381. The average Bonchev–Trinajstić information content (AvgIpc) is 2.74. The molecule has 0 aromatic heterocycles. The van der Waals surface area contributed by atoms with E-state index in [2.05, 4.69) is 5.32 Å². The van der Waals surface area contributed by atoms with Crippen LogP contribution in [0.5, 0.6) is 0 Å². The van der Waals surface area contributed by atoms with E-state index in [1.807, 2.05) is 6.92 Å². The molecule has 3 rings (SSSR count). The van der Waals surface area contributed by atoms with Crippen molar-refractivity contribution < 1.29 is 21.6 Å². The summed E-state index contributed by atoms with van der Waals surface area (Å²) in [5.74, 6) is -0.641. The molecule has 0 unspecified atom stereocenters. The molecule has 1 aliphatic rings. The Morgan fingerprint density at radius 3 is 2.23 bits per heavy atom. The van der Waals surface area contributed by atoms with Crippen molar-refractivity contribution in [3.05, 3.63) is 60.2 Å². The molecule has 0 radical (unpaired) electrons. The van der Waals surface area contributed by atoms with Crippen molar-refractivity contribution in [2.45, 2.75) is 35.6 Å². The van der Waals surface area contributed by atoms with Gasteiger partial charge < -0.3 is 5.32 Å². The standard InChI is InChI=1S/C21H26N2O5S2/c1-16(17-10-12-19(13-11-17)29(2,25)26)22-21(24)18-7-6-14-23(15-18)30(27,28)20-8-4-3-5-9-20/h3-5,8-13,16,18H,6-7,14-15H2,1-2H3,(H,22,24)/t16-,18-/m0/s1. The number of amides is 1. The van der Waals surface area contributed by atoms with Crippen molar-refractivity contribution in [1.82, 2.24) is 9.62 Å². The third-order valence-electron chi connectivity index (χ3n) is 5.30. The van der Waals surface area contributed by atoms with Gasteiger partial charge in [0.25, 0.3) is 0 Å². The Morgan fingerprint density at radius 1 is 1.00 bits per heavy atom. The zero-order valence-electron chi connectivity index (χ0n) is 17.0. The molecule has 1 saturated heterocycles. The Hall–Kier alpha value is -2.23. The van der Waals surface area contributed by atoms with Crippen LogP contribution in [0.15, 0.2) is 64.4 Å². The Morgan fingerprint density at radius 2 is 1.63 bits per heavy atom. The molecule has 7 nitrogen and oxygen atoms in total. The average molecular weight is 451 g/mol. The van der Waals surface area contributed by atoms with Gasteiger partial charge in [0.1, 0.15) is 0 Å². The van der Waals surface area contributed by atoms with Crippen LogP contribution in [0.25, 0.3) is 0 Å². The molecule has 9 heteroatoms. The van der Waals surface area contributed by atoms with Crippen LogP contribution in [0.2, 0.25) is 0 Å². The highest BCUT2D eigenvalue weighted by molar-refractivity contribution is 7.90. The maximum absolute atomic E-state index is 12.9. The van der Waals surface area contributed by atoms with E-state index in [1.165, 1.54) is 16.4 Å². The number of piperidine rings is 1. The Balaban J connectivity index is 1.67. The van der Waals surface area contributed by atoms with Crippen molar-refractivity contribution in [3.63, 3.8) is 0 Å². The minimum absolute atomic E-state index is 0.142. The van der Waals surface area contributed by atoms with Crippen LogP contribution >= 0.6 is 0 Å². The zero-order chi connectivity index (χ0) is 21.9. The van der Waals surface area contributed by atoms with Crippen LogP contribution in [0.3, 0.4) is 0 Å². The van der Waals surface area contributed by atoms with Crippen LogP contribution in [0.1, 0.15) is 31.4 Å². The lowest BCUT2D eigenvalue weighted by molar-refractivity contribution is -0.126. The van der Waals surface area contributed by atoms with Crippen molar-refractivity contribution in [1.29, 1.82) is 0 Å². The molecule has 0 saturated carbocycles. The summed E-state index contributed by atoms with van der Waals surface area (Å²) in [6.07, 6.45) is 2.37. The summed E-state index contributed by atoms with van der Waals surface area (Å²) >= 11 is 0. The first-order valence-corrected chi connectivity index (χ1v) is 13.1. The number of rotatable bonds is 6. The predicted octanol–water partition coefficient (Wildman–Crippen LogP) is 2.37. The number of nitrogens with one attached hydrogen (secondary N) is 1. The second-order valence-corrected chi connectivity index (χ2v) is 11.5. The molecule has 0 spiro atoms.